The maximum Gasteiger partial charge on any atom is 0.242 e. The van der Waals surface area contributed by atoms with E-state index in [-0.39, 0.29) is 17.9 Å². The first-order valence-electron chi connectivity index (χ1n) is 10.8. The molecule has 2 rings (SSSR count). The molecule has 0 fully saturated rings. The number of nitrogens with one attached hydrogen (secondary N) is 1. The van der Waals surface area contributed by atoms with Gasteiger partial charge in [0.2, 0.25) is 11.8 Å². The van der Waals surface area contributed by atoms with Crippen molar-refractivity contribution in [2.45, 2.75) is 65.6 Å². The number of hydrogen-bond donors (Lipinski definition) is 1. The van der Waals surface area contributed by atoms with E-state index in [1.807, 2.05) is 69.3 Å². The van der Waals surface area contributed by atoms with E-state index in [0.717, 1.165) is 22.2 Å². The fourth-order valence-corrected chi connectivity index (χ4v) is 3.29. The number of halogens is 1. The van der Waals surface area contributed by atoms with E-state index in [2.05, 4.69) is 21.2 Å². The molecule has 0 saturated carbocycles. The molecular weight excluding hydrogens is 456 g/mol. The van der Waals surface area contributed by atoms with Gasteiger partial charge in [-0.1, -0.05) is 52.7 Å². The molecule has 0 aliphatic heterocycles. The van der Waals surface area contributed by atoms with Crippen LogP contribution in [0.3, 0.4) is 0 Å². The maximum absolute atomic E-state index is 13.1. The lowest BCUT2D eigenvalue weighted by atomic mass is 10.1. The zero-order valence-electron chi connectivity index (χ0n) is 18.9. The maximum atomic E-state index is 13.1. The largest absolute Gasteiger partial charge is 0.494 e. The van der Waals surface area contributed by atoms with Crippen LogP contribution in [0.15, 0.2) is 53.0 Å². The van der Waals surface area contributed by atoms with Gasteiger partial charge in [0, 0.05) is 23.5 Å². The zero-order chi connectivity index (χ0) is 22.8. The minimum absolute atomic E-state index is 0.0535. The molecule has 0 bridgehead atoms. The summed E-state index contributed by atoms with van der Waals surface area (Å²) in [5.74, 6) is 0.615. The van der Waals surface area contributed by atoms with Crippen LogP contribution >= 0.6 is 15.9 Å². The Labute approximate surface area is 194 Å². The number of amides is 2. The summed E-state index contributed by atoms with van der Waals surface area (Å²) in [6.07, 6.45) is 1.75. The lowest BCUT2D eigenvalue weighted by molar-refractivity contribution is -0.141. The third-order valence-corrected chi connectivity index (χ3v) is 5.79. The second-order valence-electron chi connectivity index (χ2n) is 7.91. The van der Waals surface area contributed by atoms with Crippen LogP contribution in [-0.4, -0.2) is 35.4 Å². The van der Waals surface area contributed by atoms with Gasteiger partial charge in [-0.3, -0.25) is 9.59 Å². The average molecular weight is 489 g/mol. The first-order chi connectivity index (χ1) is 14.8. The van der Waals surface area contributed by atoms with Gasteiger partial charge in [0.1, 0.15) is 11.8 Å². The fourth-order valence-electron chi connectivity index (χ4n) is 3.03. The summed E-state index contributed by atoms with van der Waals surface area (Å²) in [5.41, 5.74) is 2.16. The molecule has 2 atom stereocenters. The van der Waals surface area contributed by atoms with Gasteiger partial charge in [0.25, 0.3) is 0 Å². The molecule has 0 saturated heterocycles. The van der Waals surface area contributed by atoms with Crippen LogP contribution in [0.25, 0.3) is 0 Å². The summed E-state index contributed by atoms with van der Waals surface area (Å²) in [4.78, 5) is 27.4. The van der Waals surface area contributed by atoms with Crippen molar-refractivity contribution >= 4 is 27.7 Å². The van der Waals surface area contributed by atoms with Gasteiger partial charge >= 0.3 is 0 Å². The summed E-state index contributed by atoms with van der Waals surface area (Å²) in [7, 11) is 0. The van der Waals surface area contributed by atoms with E-state index in [0.29, 0.717) is 26.0 Å². The van der Waals surface area contributed by atoms with E-state index >= 15 is 0 Å². The lowest BCUT2D eigenvalue weighted by Crippen LogP contribution is -2.49. The number of carbonyl (C=O) groups excluding carboxylic acids is 2. The van der Waals surface area contributed by atoms with E-state index in [9.17, 15) is 9.59 Å². The normalized spacial score (nSPS) is 12.7. The summed E-state index contributed by atoms with van der Waals surface area (Å²) >= 11 is 3.43. The van der Waals surface area contributed by atoms with Crippen molar-refractivity contribution in [1.82, 2.24) is 10.2 Å². The van der Waals surface area contributed by atoms with E-state index in [4.69, 9.17) is 4.74 Å². The van der Waals surface area contributed by atoms with Gasteiger partial charge in [0.15, 0.2) is 0 Å². The number of nitrogens with zero attached hydrogens (tertiary/aromatic N) is 1. The Hall–Kier alpha value is -2.34. The molecule has 5 nitrogen and oxygen atoms in total. The Kier molecular flexibility index (Phi) is 10.0. The molecule has 0 heterocycles. The van der Waals surface area contributed by atoms with Crippen LogP contribution in [0.5, 0.6) is 5.75 Å². The van der Waals surface area contributed by atoms with Crippen molar-refractivity contribution < 1.29 is 14.3 Å². The minimum Gasteiger partial charge on any atom is -0.494 e. The number of ether oxygens (including phenoxy) is 1. The third kappa shape index (κ3) is 8.37. The minimum atomic E-state index is -0.553. The number of aryl methyl sites for hydroxylation is 1. The molecule has 0 spiro atoms. The summed E-state index contributed by atoms with van der Waals surface area (Å²) in [5, 5.41) is 2.99. The number of rotatable bonds is 11. The first-order valence-corrected chi connectivity index (χ1v) is 11.6. The molecule has 2 aromatic rings. The number of benzene rings is 2. The number of carbonyl (C=O) groups is 2. The topological polar surface area (TPSA) is 58.6 Å². The molecule has 0 radical (unpaired) electrons. The smallest absolute Gasteiger partial charge is 0.242 e. The standard InChI is InChI=1S/C25H33BrN2O3/c1-5-19(3)27-25(30)20(4)28(17-21-10-12-22(26)13-11-21)24(29)7-6-16-31-23-14-8-18(2)9-15-23/h8-15,19-20H,5-7,16-17H2,1-4H3,(H,27,30)/t19-,20-/m0/s1. The molecule has 0 aliphatic rings. The highest BCUT2D eigenvalue weighted by Crippen LogP contribution is 2.16. The van der Waals surface area contributed by atoms with Crippen molar-refractivity contribution in [3.8, 4) is 5.75 Å². The second-order valence-corrected chi connectivity index (χ2v) is 8.82. The Morgan fingerprint density at radius 3 is 2.32 bits per heavy atom. The zero-order valence-corrected chi connectivity index (χ0v) is 20.4. The highest BCUT2D eigenvalue weighted by Gasteiger charge is 2.26. The molecule has 6 heteroatoms. The summed E-state index contributed by atoms with van der Waals surface area (Å²) in [6.45, 7) is 8.65. The van der Waals surface area contributed by atoms with Crippen LogP contribution in [0.1, 0.15) is 51.2 Å². The van der Waals surface area contributed by atoms with Gasteiger partial charge < -0.3 is 15.0 Å². The van der Waals surface area contributed by atoms with Crippen molar-refractivity contribution in [3.05, 3.63) is 64.1 Å². The Balaban J connectivity index is 1.99. The predicted octanol–water partition coefficient (Wildman–Crippen LogP) is 5.25. The van der Waals surface area contributed by atoms with Crippen LogP contribution in [0, 0.1) is 6.92 Å². The van der Waals surface area contributed by atoms with Gasteiger partial charge in [-0.05, 0) is 63.4 Å². The van der Waals surface area contributed by atoms with Crippen LogP contribution < -0.4 is 10.1 Å². The van der Waals surface area contributed by atoms with E-state index < -0.39 is 6.04 Å². The van der Waals surface area contributed by atoms with Crippen LogP contribution in [0.4, 0.5) is 0 Å². The van der Waals surface area contributed by atoms with Gasteiger partial charge in [0.05, 0.1) is 6.61 Å². The van der Waals surface area contributed by atoms with Gasteiger partial charge in [-0.25, -0.2) is 0 Å². The lowest BCUT2D eigenvalue weighted by Gasteiger charge is -2.29. The average Bonchev–Trinajstić information content (AvgIpc) is 2.76. The van der Waals surface area contributed by atoms with Gasteiger partial charge in [-0.15, -0.1) is 0 Å². The van der Waals surface area contributed by atoms with Crippen molar-refractivity contribution in [1.29, 1.82) is 0 Å². The highest BCUT2D eigenvalue weighted by molar-refractivity contribution is 9.10. The second kappa shape index (κ2) is 12.5. The molecule has 0 aliphatic carbocycles. The molecule has 2 amide bonds. The van der Waals surface area contributed by atoms with Crippen molar-refractivity contribution in [3.63, 3.8) is 0 Å². The first kappa shape index (κ1) is 24.9. The predicted molar refractivity (Wildman–Crippen MR) is 128 cm³/mol. The molecule has 2 aromatic carbocycles. The quantitative estimate of drug-likeness (QED) is 0.439. The SMILES string of the molecule is CC[C@H](C)NC(=O)[C@H](C)N(Cc1ccc(Br)cc1)C(=O)CCCOc1ccc(C)cc1. The fraction of sp³-hybridized carbons (Fsp3) is 0.440. The Morgan fingerprint density at radius 1 is 1.06 bits per heavy atom. The monoisotopic (exact) mass is 488 g/mol. The molecule has 0 unspecified atom stereocenters. The third-order valence-electron chi connectivity index (χ3n) is 5.26. The van der Waals surface area contributed by atoms with Crippen LogP contribution in [0.2, 0.25) is 0 Å². The molecule has 0 aromatic heterocycles. The Bertz CT molecular complexity index is 837. The molecule has 31 heavy (non-hydrogen) atoms. The van der Waals surface area contributed by atoms with Crippen molar-refractivity contribution in [2.75, 3.05) is 6.61 Å². The summed E-state index contributed by atoms with van der Waals surface area (Å²) < 4.78 is 6.72. The Morgan fingerprint density at radius 2 is 1.71 bits per heavy atom. The molecule has 168 valence electrons. The van der Waals surface area contributed by atoms with E-state index in [1.54, 1.807) is 11.8 Å². The number of hydrogen-bond acceptors (Lipinski definition) is 3. The summed E-state index contributed by atoms with van der Waals surface area (Å²) in [6, 6.07) is 15.2. The molecule has 1 N–H and O–H groups in total. The van der Waals surface area contributed by atoms with Gasteiger partial charge in [-0.2, -0.15) is 0 Å². The van der Waals surface area contributed by atoms with Crippen LogP contribution in [-0.2, 0) is 16.1 Å². The molecular formula is C25H33BrN2O3. The highest BCUT2D eigenvalue weighted by atomic mass is 79.9. The van der Waals surface area contributed by atoms with Crippen molar-refractivity contribution in [2.24, 2.45) is 0 Å². The van der Waals surface area contributed by atoms with E-state index in [1.165, 1.54) is 5.56 Å².